The van der Waals surface area contributed by atoms with Crippen LogP contribution in [0.5, 0.6) is 0 Å². The second-order valence-electron chi connectivity index (χ2n) is 5.73. The molecule has 1 atom stereocenters. The van der Waals surface area contributed by atoms with Gasteiger partial charge in [-0.05, 0) is 29.1 Å². The summed E-state index contributed by atoms with van der Waals surface area (Å²) in [6.45, 7) is 3.78. The largest absolute Gasteiger partial charge is 0.356 e. The zero-order chi connectivity index (χ0) is 17.5. The van der Waals surface area contributed by atoms with Crippen LogP contribution in [0.1, 0.15) is 23.3 Å². The van der Waals surface area contributed by atoms with Crippen LogP contribution in [-0.4, -0.2) is 34.3 Å². The predicted octanol–water partition coefficient (Wildman–Crippen LogP) is 3.42. The Morgan fingerprint density at radius 1 is 1.23 bits per heavy atom. The third kappa shape index (κ3) is 5.53. The molecule has 0 aliphatic rings. The Balaban J connectivity index is 0.00000243. The SMILES string of the molecule is CN=C(NCc1ccc(-n2cncn2)cc1)NCC(C)c1cccs1.I. The van der Waals surface area contributed by atoms with E-state index in [9.17, 15) is 0 Å². The van der Waals surface area contributed by atoms with Crippen LogP contribution < -0.4 is 10.6 Å². The van der Waals surface area contributed by atoms with Crippen molar-refractivity contribution in [2.45, 2.75) is 19.4 Å². The Hall–Kier alpha value is -1.94. The summed E-state index contributed by atoms with van der Waals surface area (Å²) in [5.41, 5.74) is 2.17. The molecule has 0 saturated heterocycles. The summed E-state index contributed by atoms with van der Waals surface area (Å²) in [6.07, 6.45) is 3.22. The molecule has 6 nitrogen and oxygen atoms in total. The van der Waals surface area contributed by atoms with Gasteiger partial charge in [0.05, 0.1) is 5.69 Å². The van der Waals surface area contributed by atoms with Gasteiger partial charge in [-0.1, -0.05) is 25.1 Å². The first kappa shape index (κ1) is 20.4. The predicted molar refractivity (Wildman–Crippen MR) is 118 cm³/mol. The van der Waals surface area contributed by atoms with Gasteiger partial charge in [-0.25, -0.2) is 9.67 Å². The minimum absolute atomic E-state index is 0. The highest BCUT2D eigenvalue weighted by Gasteiger charge is 2.07. The Labute approximate surface area is 174 Å². The monoisotopic (exact) mass is 482 g/mol. The molecule has 0 aliphatic carbocycles. The standard InChI is InChI=1S/C18H22N6S.HI/c1-14(17-4-3-9-25-17)10-21-18(19-2)22-11-15-5-7-16(8-6-15)24-13-20-12-23-24;/h3-9,12-14H,10-11H2,1-2H3,(H2,19,21,22);1H. The maximum Gasteiger partial charge on any atom is 0.191 e. The number of guanidine groups is 1. The van der Waals surface area contributed by atoms with Gasteiger partial charge in [0.2, 0.25) is 0 Å². The molecule has 0 bridgehead atoms. The molecule has 3 aromatic rings. The van der Waals surface area contributed by atoms with Crippen molar-refractivity contribution >= 4 is 41.3 Å². The van der Waals surface area contributed by atoms with Crippen LogP contribution in [0.25, 0.3) is 5.69 Å². The third-order valence-electron chi connectivity index (χ3n) is 3.91. The molecule has 0 amide bonds. The second-order valence-corrected chi connectivity index (χ2v) is 6.71. The van der Waals surface area contributed by atoms with E-state index in [1.807, 2.05) is 12.1 Å². The van der Waals surface area contributed by atoms with E-state index in [4.69, 9.17) is 0 Å². The first-order valence-electron chi connectivity index (χ1n) is 8.18. The van der Waals surface area contributed by atoms with E-state index < -0.39 is 0 Å². The van der Waals surface area contributed by atoms with Crippen molar-refractivity contribution in [1.82, 2.24) is 25.4 Å². The maximum absolute atomic E-state index is 4.29. The highest BCUT2D eigenvalue weighted by molar-refractivity contribution is 14.0. The molecular weight excluding hydrogens is 459 g/mol. The average Bonchev–Trinajstić information content (AvgIpc) is 3.36. The topological polar surface area (TPSA) is 67.1 Å². The molecule has 1 unspecified atom stereocenters. The summed E-state index contributed by atoms with van der Waals surface area (Å²) >= 11 is 1.79. The van der Waals surface area contributed by atoms with Crippen LogP contribution in [0, 0.1) is 0 Å². The van der Waals surface area contributed by atoms with Crippen LogP contribution in [0.3, 0.4) is 0 Å². The number of hydrogen-bond acceptors (Lipinski definition) is 4. The fourth-order valence-electron chi connectivity index (χ4n) is 2.44. The molecule has 138 valence electrons. The minimum atomic E-state index is 0. The lowest BCUT2D eigenvalue weighted by molar-refractivity contribution is 0.708. The summed E-state index contributed by atoms with van der Waals surface area (Å²) in [5, 5.41) is 13.0. The van der Waals surface area contributed by atoms with Crippen molar-refractivity contribution < 1.29 is 0 Å². The van der Waals surface area contributed by atoms with Crippen LogP contribution >= 0.6 is 35.3 Å². The molecule has 0 aliphatic heterocycles. The first-order valence-corrected chi connectivity index (χ1v) is 9.06. The molecule has 0 spiro atoms. The Morgan fingerprint density at radius 3 is 2.65 bits per heavy atom. The molecule has 8 heteroatoms. The molecule has 2 N–H and O–H groups in total. The van der Waals surface area contributed by atoms with Gasteiger partial charge in [0.1, 0.15) is 12.7 Å². The summed E-state index contributed by atoms with van der Waals surface area (Å²) < 4.78 is 1.74. The summed E-state index contributed by atoms with van der Waals surface area (Å²) in [7, 11) is 1.79. The van der Waals surface area contributed by atoms with Gasteiger partial charge in [-0.3, -0.25) is 4.99 Å². The molecule has 26 heavy (non-hydrogen) atoms. The number of halogens is 1. The van der Waals surface area contributed by atoms with Crippen molar-refractivity contribution in [2.24, 2.45) is 4.99 Å². The molecule has 3 rings (SSSR count). The molecule has 0 radical (unpaired) electrons. The Bertz CT molecular complexity index is 784. The van der Waals surface area contributed by atoms with E-state index in [0.717, 1.165) is 18.2 Å². The lowest BCUT2D eigenvalue weighted by Gasteiger charge is -2.15. The number of thiophene rings is 1. The third-order valence-corrected chi connectivity index (χ3v) is 5.01. The van der Waals surface area contributed by atoms with Crippen LogP contribution in [0.4, 0.5) is 0 Å². The van der Waals surface area contributed by atoms with E-state index in [1.165, 1.54) is 16.8 Å². The Morgan fingerprint density at radius 2 is 2.04 bits per heavy atom. The normalized spacial score (nSPS) is 12.3. The smallest absolute Gasteiger partial charge is 0.191 e. The van der Waals surface area contributed by atoms with Crippen molar-refractivity contribution in [3.05, 3.63) is 64.9 Å². The van der Waals surface area contributed by atoms with Crippen LogP contribution in [-0.2, 0) is 6.54 Å². The van der Waals surface area contributed by atoms with E-state index in [1.54, 1.807) is 29.4 Å². The number of benzene rings is 1. The zero-order valence-electron chi connectivity index (χ0n) is 14.8. The maximum atomic E-state index is 4.29. The van der Waals surface area contributed by atoms with Crippen molar-refractivity contribution in [3.63, 3.8) is 0 Å². The molecule has 1 aromatic carbocycles. The second kappa shape index (κ2) is 10.3. The quantitative estimate of drug-likeness (QED) is 0.321. The fourth-order valence-corrected chi connectivity index (χ4v) is 3.22. The molecule has 2 heterocycles. The van der Waals surface area contributed by atoms with Crippen molar-refractivity contribution in [3.8, 4) is 5.69 Å². The number of nitrogens with zero attached hydrogens (tertiary/aromatic N) is 4. The van der Waals surface area contributed by atoms with Crippen molar-refractivity contribution in [1.29, 1.82) is 0 Å². The van der Waals surface area contributed by atoms with Gasteiger partial charge in [-0.2, -0.15) is 5.10 Å². The summed E-state index contributed by atoms with van der Waals surface area (Å²) in [4.78, 5) is 9.63. The number of aliphatic imine (C=N–C) groups is 1. The Kier molecular flexibility index (Phi) is 8.05. The number of hydrogen-bond donors (Lipinski definition) is 2. The van der Waals surface area contributed by atoms with Gasteiger partial charge in [0.25, 0.3) is 0 Å². The van der Waals surface area contributed by atoms with E-state index >= 15 is 0 Å². The van der Waals surface area contributed by atoms with Gasteiger partial charge in [-0.15, -0.1) is 35.3 Å². The highest BCUT2D eigenvalue weighted by Crippen LogP contribution is 2.19. The number of nitrogens with one attached hydrogen (secondary N) is 2. The van der Waals surface area contributed by atoms with Crippen LogP contribution in [0.2, 0.25) is 0 Å². The van der Waals surface area contributed by atoms with Gasteiger partial charge >= 0.3 is 0 Å². The van der Waals surface area contributed by atoms with E-state index in [0.29, 0.717) is 12.5 Å². The number of rotatable bonds is 6. The lowest BCUT2D eigenvalue weighted by atomic mass is 10.1. The fraction of sp³-hybridized carbons (Fsp3) is 0.278. The summed E-state index contributed by atoms with van der Waals surface area (Å²) in [5.74, 6) is 1.27. The van der Waals surface area contributed by atoms with Crippen molar-refractivity contribution in [2.75, 3.05) is 13.6 Å². The van der Waals surface area contributed by atoms with E-state index in [2.05, 4.69) is 62.3 Å². The molecule has 0 fully saturated rings. The van der Waals surface area contributed by atoms with Gasteiger partial charge in [0, 0.05) is 30.9 Å². The molecule has 0 saturated carbocycles. The number of aromatic nitrogens is 3. The van der Waals surface area contributed by atoms with Gasteiger partial charge in [0.15, 0.2) is 5.96 Å². The van der Waals surface area contributed by atoms with E-state index in [-0.39, 0.29) is 24.0 Å². The van der Waals surface area contributed by atoms with Crippen LogP contribution in [0.15, 0.2) is 59.4 Å². The molecular formula is C18H23IN6S. The molecule has 2 aromatic heterocycles. The summed E-state index contributed by atoms with van der Waals surface area (Å²) in [6, 6.07) is 12.5. The first-order chi connectivity index (χ1) is 12.3. The lowest BCUT2D eigenvalue weighted by Crippen LogP contribution is -2.38. The van der Waals surface area contributed by atoms with Gasteiger partial charge < -0.3 is 10.6 Å². The highest BCUT2D eigenvalue weighted by atomic mass is 127. The zero-order valence-corrected chi connectivity index (χ0v) is 17.9. The minimum Gasteiger partial charge on any atom is -0.356 e. The average molecular weight is 482 g/mol.